The number of hydrogen-bond acceptors (Lipinski definition) is 3. The molecule has 0 heterocycles. The molecule has 0 aliphatic heterocycles. The van der Waals surface area contributed by atoms with Crippen LogP contribution in [0.3, 0.4) is 0 Å². The number of hydrogen-bond donors (Lipinski definition) is 3. The smallest absolute Gasteiger partial charge is 0.309 e. The zero-order valence-corrected chi connectivity index (χ0v) is 19.9. The number of carboxylic acids is 2. The highest BCUT2D eigenvalue weighted by atomic mass is 16.4. The van der Waals surface area contributed by atoms with Crippen molar-refractivity contribution in [2.24, 2.45) is 10.8 Å². The third-order valence-corrected chi connectivity index (χ3v) is 6.23. The molecule has 0 bridgehead atoms. The van der Waals surface area contributed by atoms with Crippen LogP contribution in [0.1, 0.15) is 103 Å². The van der Waals surface area contributed by atoms with Crippen molar-refractivity contribution in [2.75, 3.05) is 0 Å². The molecule has 5 heteroatoms. The first-order chi connectivity index (χ1) is 14.4. The average Bonchev–Trinajstić information content (AvgIpc) is 2.66. The molecule has 176 valence electrons. The first-order valence-corrected chi connectivity index (χ1v) is 11.7. The molecule has 0 fully saturated rings. The van der Waals surface area contributed by atoms with E-state index < -0.39 is 22.8 Å². The number of aliphatic carboxylic acids is 2. The molecule has 1 rings (SSSR count). The van der Waals surface area contributed by atoms with Crippen LogP contribution in [-0.4, -0.2) is 27.3 Å². The van der Waals surface area contributed by atoms with Crippen molar-refractivity contribution in [3.8, 4) is 5.75 Å². The van der Waals surface area contributed by atoms with E-state index >= 15 is 0 Å². The molecule has 31 heavy (non-hydrogen) atoms. The third kappa shape index (κ3) is 10.7. The number of aryl methyl sites for hydroxylation is 2. The number of aromatic hydroxyl groups is 1. The number of benzene rings is 1. The van der Waals surface area contributed by atoms with Crippen molar-refractivity contribution in [2.45, 2.75) is 105 Å². The van der Waals surface area contributed by atoms with Crippen LogP contribution < -0.4 is 0 Å². The summed E-state index contributed by atoms with van der Waals surface area (Å²) in [6, 6.07) is 5.86. The van der Waals surface area contributed by atoms with Crippen LogP contribution in [-0.2, 0) is 22.4 Å². The molecule has 0 atom stereocenters. The highest BCUT2D eigenvalue weighted by Gasteiger charge is 2.26. The Hall–Kier alpha value is -2.04. The predicted molar refractivity (Wildman–Crippen MR) is 125 cm³/mol. The van der Waals surface area contributed by atoms with Gasteiger partial charge in [0, 0.05) is 0 Å². The van der Waals surface area contributed by atoms with Gasteiger partial charge in [-0.25, -0.2) is 0 Å². The lowest BCUT2D eigenvalue weighted by Gasteiger charge is -2.18. The Morgan fingerprint density at radius 1 is 0.645 bits per heavy atom. The summed E-state index contributed by atoms with van der Waals surface area (Å²) in [4.78, 5) is 22.3. The summed E-state index contributed by atoms with van der Waals surface area (Å²) in [5, 5.41) is 28.4. The van der Waals surface area contributed by atoms with Gasteiger partial charge in [0.15, 0.2) is 0 Å². The number of unbranched alkanes of at least 4 members (excludes halogenated alkanes) is 6. The van der Waals surface area contributed by atoms with E-state index in [-0.39, 0.29) is 0 Å². The maximum atomic E-state index is 11.1. The van der Waals surface area contributed by atoms with Crippen molar-refractivity contribution in [1.82, 2.24) is 0 Å². The molecule has 0 aromatic heterocycles. The van der Waals surface area contributed by atoms with E-state index in [2.05, 4.69) is 6.07 Å². The molecule has 0 saturated heterocycles. The molecular weight excluding hydrogens is 392 g/mol. The van der Waals surface area contributed by atoms with Crippen molar-refractivity contribution < 1.29 is 24.9 Å². The van der Waals surface area contributed by atoms with E-state index in [0.29, 0.717) is 18.6 Å². The standard InChI is InChI=1S/C26H42O5/c1-25(2,23(28)29)15-11-7-5-9-13-20-17-21(19-22(27)18-20)14-10-6-8-12-16-26(3,4)24(30)31/h17-19,27H,5-16H2,1-4H3,(H,28,29)(H,30,31). The van der Waals surface area contributed by atoms with Gasteiger partial charge in [-0.3, -0.25) is 9.59 Å². The lowest BCUT2D eigenvalue weighted by Crippen LogP contribution is -2.23. The minimum atomic E-state index is -0.733. The molecule has 5 nitrogen and oxygen atoms in total. The van der Waals surface area contributed by atoms with Crippen molar-refractivity contribution in [3.63, 3.8) is 0 Å². The second-order valence-corrected chi connectivity index (χ2v) is 10.2. The Bertz CT molecular complexity index is 649. The van der Waals surface area contributed by atoms with Crippen molar-refractivity contribution >= 4 is 11.9 Å². The van der Waals surface area contributed by atoms with Crippen molar-refractivity contribution in [3.05, 3.63) is 29.3 Å². The Morgan fingerprint density at radius 2 is 1.00 bits per heavy atom. The summed E-state index contributed by atoms with van der Waals surface area (Å²) in [5.41, 5.74) is 1.02. The topological polar surface area (TPSA) is 94.8 Å². The highest BCUT2D eigenvalue weighted by molar-refractivity contribution is 5.73. The number of phenols is 1. The summed E-state index contributed by atoms with van der Waals surface area (Å²) >= 11 is 0. The van der Waals surface area contributed by atoms with E-state index in [1.54, 1.807) is 27.7 Å². The first-order valence-electron chi connectivity index (χ1n) is 11.7. The zero-order valence-electron chi connectivity index (χ0n) is 19.9. The number of carbonyl (C=O) groups is 2. The van der Waals surface area contributed by atoms with Gasteiger partial charge in [-0.05, 0) is 89.5 Å². The molecule has 0 saturated carbocycles. The van der Waals surface area contributed by atoms with Crippen LogP contribution in [0.2, 0.25) is 0 Å². The Labute approximate surface area is 187 Å². The largest absolute Gasteiger partial charge is 0.508 e. The first kappa shape index (κ1) is 27.0. The van der Waals surface area contributed by atoms with Crippen LogP contribution in [0.25, 0.3) is 0 Å². The van der Waals surface area contributed by atoms with Gasteiger partial charge in [-0.2, -0.15) is 0 Å². The number of rotatable bonds is 16. The number of carboxylic acid groups (broad SMARTS) is 2. The van der Waals surface area contributed by atoms with Gasteiger partial charge in [-0.1, -0.05) is 44.6 Å². The molecule has 0 unspecified atom stereocenters. The second-order valence-electron chi connectivity index (χ2n) is 10.2. The quantitative estimate of drug-likeness (QED) is 0.255. The maximum Gasteiger partial charge on any atom is 0.309 e. The van der Waals surface area contributed by atoms with Gasteiger partial charge >= 0.3 is 11.9 Å². The fourth-order valence-electron chi connectivity index (χ4n) is 3.74. The third-order valence-electron chi connectivity index (χ3n) is 6.23. The monoisotopic (exact) mass is 434 g/mol. The fraction of sp³-hybridized carbons (Fsp3) is 0.692. The normalized spacial score (nSPS) is 12.1. The van der Waals surface area contributed by atoms with Gasteiger partial charge in [0.1, 0.15) is 5.75 Å². The SMILES string of the molecule is CC(C)(CCCCCCc1cc(O)cc(CCCCCCC(C)(C)C(=O)O)c1)C(=O)O. The average molecular weight is 435 g/mol. The summed E-state index contributed by atoms with van der Waals surface area (Å²) in [7, 11) is 0. The van der Waals surface area contributed by atoms with E-state index in [9.17, 15) is 14.7 Å². The van der Waals surface area contributed by atoms with E-state index in [0.717, 1.165) is 75.3 Å². The summed E-state index contributed by atoms with van der Waals surface area (Å²) < 4.78 is 0. The maximum absolute atomic E-state index is 11.1. The molecule has 3 N–H and O–H groups in total. The van der Waals surface area contributed by atoms with E-state index in [1.807, 2.05) is 12.1 Å². The predicted octanol–water partition coefficient (Wildman–Crippen LogP) is 6.60. The molecule has 1 aromatic rings. The summed E-state index contributed by atoms with van der Waals surface area (Å²) in [6.07, 6.45) is 11.4. The molecular formula is C26H42O5. The lowest BCUT2D eigenvalue weighted by atomic mass is 9.87. The van der Waals surface area contributed by atoms with Crippen LogP contribution >= 0.6 is 0 Å². The minimum absolute atomic E-state index is 0.318. The van der Waals surface area contributed by atoms with Crippen LogP contribution in [0.5, 0.6) is 5.75 Å². The van der Waals surface area contributed by atoms with Gasteiger partial charge in [0.05, 0.1) is 10.8 Å². The molecule has 0 spiro atoms. The highest BCUT2D eigenvalue weighted by Crippen LogP contribution is 2.26. The Kier molecular flexibility index (Phi) is 11.1. The van der Waals surface area contributed by atoms with E-state index in [4.69, 9.17) is 10.2 Å². The van der Waals surface area contributed by atoms with Gasteiger partial charge in [-0.15, -0.1) is 0 Å². The summed E-state index contributed by atoms with van der Waals surface area (Å²) in [5.74, 6) is -1.15. The zero-order chi connectivity index (χ0) is 23.5. The molecule has 1 aromatic carbocycles. The second kappa shape index (κ2) is 12.7. The Balaban J connectivity index is 2.29. The molecule has 0 amide bonds. The van der Waals surface area contributed by atoms with Crippen LogP contribution in [0.15, 0.2) is 18.2 Å². The van der Waals surface area contributed by atoms with Gasteiger partial charge in [0.25, 0.3) is 0 Å². The number of phenolic OH excluding ortho intramolecular Hbond substituents is 1. The van der Waals surface area contributed by atoms with Crippen LogP contribution in [0.4, 0.5) is 0 Å². The van der Waals surface area contributed by atoms with Gasteiger partial charge < -0.3 is 15.3 Å². The van der Waals surface area contributed by atoms with Crippen LogP contribution in [0, 0.1) is 10.8 Å². The molecule has 0 radical (unpaired) electrons. The van der Waals surface area contributed by atoms with Gasteiger partial charge in [0.2, 0.25) is 0 Å². The fourth-order valence-corrected chi connectivity index (χ4v) is 3.74. The molecule has 0 aliphatic carbocycles. The molecule has 0 aliphatic rings. The minimum Gasteiger partial charge on any atom is -0.508 e. The summed E-state index contributed by atoms with van der Waals surface area (Å²) in [6.45, 7) is 7.11. The van der Waals surface area contributed by atoms with Crippen molar-refractivity contribution in [1.29, 1.82) is 0 Å². The van der Waals surface area contributed by atoms with E-state index in [1.165, 1.54) is 0 Å². The lowest BCUT2D eigenvalue weighted by molar-refractivity contribution is -0.148. The Morgan fingerprint density at radius 3 is 1.35 bits per heavy atom.